The Balaban J connectivity index is 2.70. The molecule has 4 heteroatoms. The molecule has 0 aliphatic carbocycles. The van der Waals surface area contributed by atoms with Crippen molar-refractivity contribution in [3.8, 4) is 0 Å². The molecule has 1 rings (SSSR count). The number of alkyl halides is 1. The van der Waals surface area contributed by atoms with Crippen LogP contribution in [0.5, 0.6) is 0 Å². The zero-order valence-electron chi connectivity index (χ0n) is 8.78. The highest BCUT2D eigenvalue weighted by Gasteiger charge is 2.15. The van der Waals surface area contributed by atoms with Crippen molar-refractivity contribution in [1.29, 1.82) is 0 Å². The number of halogens is 3. The molecule has 0 amide bonds. The summed E-state index contributed by atoms with van der Waals surface area (Å²) < 4.78 is 13.7. The Morgan fingerprint density at radius 3 is 2.73 bits per heavy atom. The average molecular weight is 295 g/mol. The summed E-state index contributed by atoms with van der Waals surface area (Å²) in [6, 6.07) is 5.01. The summed E-state index contributed by atoms with van der Waals surface area (Å²) in [6.07, 6.45) is 0. The second kappa shape index (κ2) is 5.28. The summed E-state index contributed by atoms with van der Waals surface area (Å²) in [4.78, 5) is 0. The predicted molar refractivity (Wildman–Crippen MR) is 65.7 cm³/mol. The largest absolute Gasteiger partial charge is 0.307 e. The monoisotopic (exact) mass is 293 g/mol. The minimum atomic E-state index is -0.238. The standard InChI is InChI=1S/C11H14BrClFN/c1-11(2,7-13)15-6-8-4-3-5-9(14)10(8)12/h3-5,15H,6-7H2,1-2H3. The fourth-order valence-electron chi connectivity index (χ4n) is 1.07. The van der Waals surface area contributed by atoms with E-state index >= 15 is 0 Å². The molecule has 1 nitrogen and oxygen atoms in total. The lowest BCUT2D eigenvalue weighted by Crippen LogP contribution is -2.40. The molecule has 0 spiro atoms. The Morgan fingerprint density at radius 1 is 1.47 bits per heavy atom. The molecule has 0 aliphatic rings. The van der Waals surface area contributed by atoms with Crippen molar-refractivity contribution in [3.63, 3.8) is 0 Å². The number of hydrogen-bond donors (Lipinski definition) is 1. The van der Waals surface area contributed by atoms with E-state index in [-0.39, 0.29) is 11.4 Å². The lowest BCUT2D eigenvalue weighted by Gasteiger charge is -2.23. The third kappa shape index (κ3) is 3.74. The third-order valence-corrected chi connectivity index (χ3v) is 3.68. The van der Waals surface area contributed by atoms with Gasteiger partial charge in [-0.25, -0.2) is 4.39 Å². The van der Waals surface area contributed by atoms with E-state index in [0.717, 1.165) is 5.56 Å². The first kappa shape index (κ1) is 12.9. The van der Waals surface area contributed by atoms with Crippen molar-refractivity contribution in [2.24, 2.45) is 0 Å². The minimum Gasteiger partial charge on any atom is -0.307 e. The molecular formula is C11H14BrClFN. The molecule has 0 atom stereocenters. The Labute approximate surface area is 103 Å². The van der Waals surface area contributed by atoms with Crippen LogP contribution in [0, 0.1) is 5.82 Å². The van der Waals surface area contributed by atoms with Crippen LogP contribution in [0.4, 0.5) is 4.39 Å². The van der Waals surface area contributed by atoms with E-state index in [2.05, 4.69) is 21.2 Å². The molecule has 15 heavy (non-hydrogen) atoms. The van der Waals surface area contributed by atoms with Gasteiger partial charge in [-0.2, -0.15) is 0 Å². The van der Waals surface area contributed by atoms with Gasteiger partial charge in [0, 0.05) is 18.0 Å². The highest BCUT2D eigenvalue weighted by atomic mass is 79.9. The van der Waals surface area contributed by atoms with Gasteiger partial charge in [0.2, 0.25) is 0 Å². The molecular weight excluding hydrogens is 280 g/mol. The van der Waals surface area contributed by atoms with Gasteiger partial charge < -0.3 is 5.32 Å². The first-order valence-corrected chi connectivity index (χ1v) is 6.03. The maximum Gasteiger partial charge on any atom is 0.137 e. The van der Waals surface area contributed by atoms with Crippen LogP contribution in [0.2, 0.25) is 0 Å². The molecule has 0 bridgehead atoms. The summed E-state index contributed by atoms with van der Waals surface area (Å²) in [5.74, 6) is 0.276. The number of rotatable bonds is 4. The van der Waals surface area contributed by atoms with Crippen molar-refractivity contribution < 1.29 is 4.39 Å². The predicted octanol–water partition coefficient (Wildman–Crippen LogP) is 3.70. The van der Waals surface area contributed by atoms with Crippen molar-refractivity contribution in [2.75, 3.05) is 5.88 Å². The molecule has 0 saturated carbocycles. The van der Waals surface area contributed by atoms with Crippen molar-refractivity contribution in [1.82, 2.24) is 5.32 Å². The van der Waals surface area contributed by atoms with E-state index < -0.39 is 0 Å². The Kier molecular flexibility index (Phi) is 4.56. The molecule has 1 aromatic rings. The quantitative estimate of drug-likeness (QED) is 0.835. The van der Waals surface area contributed by atoms with E-state index in [4.69, 9.17) is 11.6 Å². The zero-order valence-corrected chi connectivity index (χ0v) is 11.1. The van der Waals surface area contributed by atoms with Crippen LogP contribution >= 0.6 is 27.5 Å². The third-order valence-electron chi connectivity index (χ3n) is 2.12. The van der Waals surface area contributed by atoms with E-state index in [1.165, 1.54) is 6.07 Å². The van der Waals surface area contributed by atoms with Crippen LogP contribution in [0.3, 0.4) is 0 Å². The lowest BCUT2D eigenvalue weighted by molar-refractivity contribution is 0.428. The van der Waals surface area contributed by atoms with Crippen LogP contribution in [-0.2, 0) is 6.54 Å². The molecule has 0 unspecified atom stereocenters. The molecule has 84 valence electrons. The van der Waals surface area contributed by atoms with Crippen LogP contribution in [0.15, 0.2) is 22.7 Å². The van der Waals surface area contributed by atoms with Gasteiger partial charge in [-0.05, 0) is 41.4 Å². The van der Waals surface area contributed by atoms with Crippen molar-refractivity contribution in [3.05, 3.63) is 34.1 Å². The van der Waals surface area contributed by atoms with Crippen LogP contribution < -0.4 is 5.32 Å². The van der Waals surface area contributed by atoms with Gasteiger partial charge in [0.25, 0.3) is 0 Å². The molecule has 0 aromatic heterocycles. The molecule has 0 heterocycles. The van der Waals surface area contributed by atoms with Gasteiger partial charge in [0.05, 0.1) is 4.47 Å². The smallest absolute Gasteiger partial charge is 0.137 e. The molecule has 1 N–H and O–H groups in total. The summed E-state index contributed by atoms with van der Waals surface area (Å²) >= 11 is 9.00. The van der Waals surface area contributed by atoms with Gasteiger partial charge in [0.1, 0.15) is 5.82 Å². The van der Waals surface area contributed by atoms with Gasteiger partial charge >= 0.3 is 0 Å². The van der Waals surface area contributed by atoms with Crippen molar-refractivity contribution in [2.45, 2.75) is 25.9 Å². The Morgan fingerprint density at radius 2 is 2.13 bits per heavy atom. The topological polar surface area (TPSA) is 12.0 Å². The summed E-state index contributed by atoms with van der Waals surface area (Å²) in [7, 11) is 0. The second-order valence-corrected chi connectivity index (χ2v) is 5.14. The molecule has 0 aliphatic heterocycles. The average Bonchev–Trinajstić information content (AvgIpc) is 2.20. The first-order chi connectivity index (χ1) is 6.96. The number of nitrogens with one attached hydrogen (secondary N) is 1. The van der Waals surface area contributed by atoms with Gasteiger partial charge in [-0.3, -0.25) is 0 Å². The van der Waals surface area contributed by atoms with Crippen LogP contribution in [0.1, 0.15) is 19.4 Å². The van der Waals surface area contributed by atoms with Crippen molar-refractivity contribution >= 4 is 27.5 Å². The summed E-state index contributed by atoms with van der Waals surface area (Å²) in [6.45, 7) is 4.61. The second-order valence-electron chi connectivity index (χ2n) is 4.08. The zero-order chi connectivity index (χ0) is 11.5. The van der Waals surface area contributed by atoms with Gasteiger partial charge in [-0.1, -0.05) is 12.1 Å². The maximum absolute atomic E-state index is 13.2. The lowest BCUT2D eigenvalue weighted by atomic mass is 10.1. The van der Waals surface area contributed by atoms with E-state index in [1.54, 1.807) is 6.07 Å². The number of benzene rings is 1. The fraction of sp³-hybridized carbons (Fsp3) is 0.455. The summed E-state index contributed by atoms with van der Waals surface area (Å²) in [5, 5.41) is 3.26. The van der Waals surface area contributed by atoms with Gasteiger partial charge in [0.15, 0.2) is 0 Å². The first-order valence-electron chi connectivity index (χ1n) is 4.70. The van der Waals surface area contributed by atoms with Crippen LogP contribution in [0.25, 0.3) is 0 Å². The molecule has 1 aromatic carbocycles. The Hall–Kier alpha value is -0.120. The highest BCUT2D eigenvalue weighted by Crippen LogP contribution is 2.20. The van der Waals surface area contributed by atoms with E-state index in [0.29, 0.717) is 16.9 Å². The normalized spacial score (nSPS) is 11.8. The summed E-state index contributed by atoms with van der Waals surface area (Å²) in [5.41, 5.74) is 0.751. The van der Waals surface area contributed by atoms with E-state index in [9.17, 15) is 4.39 Å². The maximum atomic E-state index is 13.2. The SMILES string of the molecule is CC(C)(CCl)NCc1cccc(F)c1Br. The van der Waals surface area contributed by atoms with Crippen LogP contribution in [-0.4, -0.2) is 11.4 Å². The van der Waals surface area contributed by atoms with Gasteiger partial charge in [-0.15, -0.1) is 11.6 Å². The minimum absolute atomic E-state index is 0.146. The van der Waals surface area contributed by atoms with E-state index in [1.807, 2.05) is 19.9 Å². The highest BCUT2D eigenvalue weighted by molar-refractivity contribution is 9.10. The molecule has 0 fully saturated rings. The fourth-order valence-corrected chi connectivity index (χ4v) is 1.57. The Bertz CT molecular complexity index is 341. The molecule has 0 saturated heterocycles. The number of hydrogen-bond acceptors (Lipinski definition) is 1. The molecule has 0 radical (unpaired) electrons.